The molecule has 1 aromatic carbocycles. The zero-order valence-corrected chi connectivity index (χ0v) is 9.20. The Bertz CT molecular complexity index is 476. The number of hydrogen-bond acceptors (Lipinski definition) is 2. The Morgan fingerprint density at radius 1 is 1.47 bits per heavy atom. The first kappa shape index (κ1) is 10.2. The summed E-state index contributed by atoms with van der Waals surface area (Å²) in [7, 11) is 0. The van der Waals surface area contributed by atoms with Crippen LogP contribution >= 0.6 is 11.6 Å². The molecule has 0 bridgehead atoms. The Hall–Kier alpha value is -1.32. The third-order valence-corrected chi connectivity index (χ3v) is 2.56. The third kappa shape index (κ3) is 2.03. The number of hydrogen-bond donors (Lipinski definition) is 1. The smallest absolute Gasteiger partial charge is 0.0790 e. The molecule has 0 aliphatic rings. The molecule has 0 aliphatic heterocycles. The molecule has 0 spiro atoms. The molecule has 2 aromatic rings. The molecule has 4 heteroatoms. The minimum Gasteiger partial charge on any atom is -0.326 e. The van der Waals surface area contributed by atoms with Gasteiger partial charge in [-0.25, -0.2) is 4.68 Å². The second kappa shape index (κ2) is 4.04. The molecule has 78 valence electrons. The molecule has 1 aromatic heterocycles. The maximum absolute atomic E-state index is 5.81. The van der Waals surface area contributed by atoms with Crippen molar-refractivity contribution in [3.63, 3.8) is 0 Å². The number of nitrogens with zero attached hydrogens (tertiary/aromatic N) is 2. The van der Waals surface area contributed by atoms with Gasteiger partial charge in [0.1, 0.15) is 0 Å². The molecule has 2 rings (SSSR count). The van der Waals surface area contributed by atoms with Gasteiger partial charge >= 0.3 is 0 Å². The summed E-state index contributed by atoms with van der Waals surface area (Å²) >= 11 is 5.81. The van der Waals surface area contributed by atoms with Gasteiger partial charge in [0.25, 0.3) is 0 Å². The van der Waals surface area contributed by atoms with Crippen LogP contribution in [0.4, 0.5) is 0 Å². The zero-order valence-electron chi connectivity index (χ0n) is 8.44. The monoisotopic (exact) mass is 221 g/mol. The van der Waals surface area contributed by atoms with Crippen LogP contribution in [0.25, 0.3) is 5.69 Å². The standard InChI is InChI=1S/C11H12ClN3/c1-8-2-3-11(4-9(8)5-13)15-7-10(12)6-14-15/h2-4,6-7H,5,13H2,1H3. The molecule has 3 nitrogen and oxygen atoms in total. The minimum absolute atomic E-state index is 0.536. The molecule has 15 heavy (non-hydrogen) atoms. The highest BCUT2D eigenvalue weighted by Crippen LogP contribution is 2.15. The normalized spacial score (nSPS) is 10.6. The number of aryl methyl sites for hydroxylation is 1. The van der Waals surface area contributed by atoms with Crippen LogP contribution in [-0.4, -0.2) is 9.78 Å². The fourth-order valence-corrected chi connectivity index (χ4v) is 1.60. The number of halogens is 1. The second-order valence-electron chi connectivity index (χ2n) is 3.42. The molecular weight excluding hydrogens is 210 g/mol. The average molecular weight is 222 g/mol. The summed E-state index contributed by atoms with van der Waals surface area (Å²) in [5.41, 5.74) is 8.94. The van der Waals surface area contributed by atoms with Crippen molar-refractivity contribution in [1.29, 1.82) is 0 Å². The fraction of sp³-hybridized carbons (Fsp3) is 0.182. The third-order valence-electron chi connectivity index (χ3n) is 2.37. The van der Waals surface area contributed by atoms with Crippen molar-refractivity contribution in [2.24, 2.45) is 5.73 Å². The average Bonchev–Trinajstić information content (AvgIpc) is 2.66. The van der Waals surface area contributed by atoms with Gasteiger partial charge in [0.05, 0.1) is 16.9 Å². The van der Waals surface area contributed by atoms with Crippen molar-refractivity contribution >= 4 is 11.6 Å². The first-order valence-corrected chi connectivity index (χ1v) is 5.08. The predicted octanol–water partition coefficient (Wildman–Crippen LogP) is 2.29. The van der Waals surface area contributed by atoms with Crippen molar-refractivity contribution in [2.45, 2.75) is 13.5 Å². The van der Waals surface area contributed by atoms with Gasteiger partial charge in [-0.05, 0) is 30.2 Å². The van der Waals surface area contributed by atoms with E-state index < -0.39 is 0 Å². The highest BCUT2D eigenvalue weighted by Gasteiger charge is 2.02. The first-order chi connectivity index (χ1) is 7.20. The Morgan fingerprint density at radius 3 is 2.87 bits per heavy atom. The lowest BCUT2D eigenvalue weighted by Crippen LogP contribution is -2.02. The van der Waals surface area contributed by atoms with Crippen LogP contribution in [0, 0.1) is 6.92 Å². The highest BCUT2D eigenvalue weighted by atomic mass is 35.5. The summed E-state index contributed by atoms with van der Waals surface area (Å²) in [5.74, 6) is 0. The molecule has 0 aliphatic carbocycles. The molecule has 0 saturated carbocycles. The lowest BCUT2D eigenvalue weighted by molar-refractivity contribution is 0.874. The van der Waals surface area contributed by atoms with E-state index in [9.17, 15) is 0 Å². The maximum Gasteiger partial charge on any atom is 0.0790 e. The van der Waals surface area contributed by atoms with Gasteiger partial charge < -0.3 is 5.73 Å². The van der Waals surface area contributed by atoms with Crippen LogP contribution in [0.2, 0.25) is 5.02 Å². The van der Waals surface area contributed by atoms with E-state index in [4.69, 9.17) is 17.3 Å². The number of benzene rings is 1. The SMILES string of the molecule is Cc1ccc(-n2cc(Cl)cn2)cc1CN. The van der Waals surface area contributed by atoms with Gasteiger partial charge in [-0.15, -0.1) is 0 Å². The molecule has 0 unspecified atom stereocenters. The zero-order chi connectivity index (χ0) is 10.8. The quantitative estimate of drug-likeness (QED) is 0.846. The van der Waals surface area contributed by atoms with Crippen LogP contribution in [0.15, 0.2) is 30.6 Å². The fourth-order valence-electron chi connectivity index (χ4n) is 1.46. The summed E-state index contributed by atoms with van der Waals surface area (Å²) < 4.78 is 1.74. The summed E-state index contributed by atoms with van der Waals surface area (Å²) in [6.45, 7) is 2.58. The molecule has 0 atom stereocenters. The second-order valence-corrected chi connectivity index (χ2v) is 3.85. The molecule has 2 N–H and O–H groups in total. The molecule has 0 radical (unpaired) electrons. The Balaban J connectivity index is 2.45. The highest BCUT2D eigenvalue weighted by molar-refractivity contribution is 6.30. The lowest BCUT2D eigenvalue weighted by Gasteiger charge is -2.06. The number of nitrogens with two attached hydrogens (primary N) is 1. The van der Waals surface area contributed by atoms with Gasteiger partial charge in [0.15, 0.2) is 0 Å². The van der Waals surface area contributed by atoms with E-state index in [0.717, 1.165) is 11.3 Å². The van der Waals surface area contributed by atoms with Gasteiger partial charge in [0.2, 0.25) is 0 Å². The summed E-state index contributed by atoms with van der Waals surface area (Å²) in [6, 6.07) is 6.06. The lowest BCUT2D eigenvalue weighted by atomic mass is 10.1. The Kier molecular flexibility index (Phi) is 2.75. The van der Waals surface area contributed by atoms with E-state index in [2.05, 4.69) is 5.10 Å². The van der Waals surface area contributed by atoms with Crippen molar-refractivity contribution in [2.75, 3.05) is 0 Å². The van der Waals surface area contributed by atoms with Crippen molar-refractivity contribution in [3.05, 3.63) is 46.7 Å². The van der Waals surface area contributed by atoms with E-state index in [-0.39, 0.29) is 0 Å². The van der Waals surface area contributed by atoms with Crippen molar-refractivity contribution < 1.29 is 0 Å². The Labute approximate surface area is 93.5 Å². The Morgan fingerprint density at radius 2 is 2.27 bits per heavy atom. The van der Waals surface area contributed by atoms with Crippen LogP contribution in [0.3, 0.4) is 0 Å². The largest absolute Gasteiger partial charge is 0.326 e. The van der Waals surface area contributed by atoms with Crippen molar-refractivity contribution in [1.82, 2.24) is 9.78 Å². The van der Waals surface area contributed by atoms with Crippen LogP contribution in [0.1, 0.15) is 11.1 Å². The van der Waals surface area contributed by atoms with Crippen LogP contribution in [0.5, 0.6) is 0 Å². The summed E-state index contributed by atoms with van der Waals surface area (Å²) in [4.78, 5) is 0. The maximum atomic E-state index is 5.81. The number of rotatable bonds is 2. The van der Waals surface area contributed by atoms with Crippen LogP contribution in [-0.2, 0) is 6.54 Å². The van der Waals surface area contributed by atoms with E-state index in [1.165, 1.54) is 5.56 Å². The van der Waals surface area contributed by atoms with E-state index in [0.29, 0.717) is 11.6 Å². The number of aromatic nitrogens is 2. The summed E-state index contributed by atoms with van der Waals surface area (Å²) in [6.07, 6.45) is 3.38. The molecular formula is C11H12ClN3. The van der Waals surface area contributed by atoms with Gasteiger partial charge in [-0.3, -0.25) is 0 Å². The molecule has 0 fully saturated rings. The van der Waals surface area contributed by atoms with Gasteiger partial charge in [-0.1, -0.05) is 17.7 Å². The van der Waals surface area contributed by atoms with E-state index in [1.807, 2.05) is 25.1 Å². The topological polar surface area (TPSA) is 43.8 Å². The molecule has 0 saturated heterocycles. The van der Waals surface area contributed by atoms with Crippen molar-refractivity contribution in [3.8, 4) is 5.69 Å². The predicted molar refractivity (Wildman–Crippen MR) is 61.2 cm³/mol. The van der Waals surface area contributed by atoms with Gasteiger partial charge in [-0.2, -0.15) is 5.10 Å². The van der Waals surface area contributed by atoms with Gasteiger partial charge in [0, 0.05) is 12.7 Å². The molecule has 0 amide bonds. The molecule has 1 heterocycles. The van der Waals surface area contributed by atoms with Crippen LogP contribution < -0.4 is 5.73 Å². The van der Waals surface area contributed by atoms with E-state index in [1.54, 1.807) is 17.1 Å². The summed E-state index contributed by atoms with van der Waals surface area (Å²) in [5, 5.41) is 4.76. The van der Waals surface area contributed by atoms with E-state index >= 15 is 0 Å². The minimum atomic E-state index is 0.536. The first-order valence-electron chi connectivity index (χ1n) is 4.71.